The maximum absolute atomic E-state index is 14.4. The molecule has 7 rings (SSSR count). The molecule has 0 radical (unpaired) electrons. The number of hydrogen-bond acceptors (Lipinski definition) is 4. The van der Waals surface area contributed by atoms with E-state index in [1.807, 2.05) is 73.7 Å². The lowest BCUT2D eigenvalue weighted by Gasteiger charge is -2.29. The van der Waals surface area contributed by atoms with Crippen molar-refractivity contribution in [2.24, 2.45) is 0 Å². The molecule has 3 aliphatic rings. The van der Waals surface area contributed by atoms with Crippen LogP contribution in [0.2, 0.25) is 5.02 Å². The largest absolute Gasteiger partial charge is 0.496 e. The van der Waals surface area contributed by atoms with Gasteiger partial charge in [-0.1, -0.05) is 54.1 Å². The summed E-state index contributed by atoms with van der Waals surface area (Å²) in [6, 6.07) is 23.7. The Balaban J connectivity index is 1.22. The van der Waals surface area contributed by atoms with Gasteiger partial charge in [-0.05, 0) is 92.7 Å². The standard InChI is InChI=1S/C37H39ClN4O3/c1-25-10-3-5-13-29(25)30-21-35(45-2)31(20-32(30)38)36(43)42-24-28-15-16-34(41(28)22-26-11-4-6-14-33(26)42)37(44)40-19-9-12-27(40)23-39-17-7-8-18-39/h3-6,10-11,13-16,20-21,27H,7-9,12,17-19,22-24H2,1-2H3/t27-/m0/s1. The van der Waals surface area contributed by atoms with Gasteiger partial charge in [-0.2, -0.15) is 0 Å². The summed E-state index contributed by atoms with van der Waals surface area (Å²) in [5.41, 5.74) is 6.70. The molecular weight excluding hydrogens is 584 g/mol. The molecule has 4 heterocycles. The Morgan fingerprint density at radius 2 is 1.64 bits per heavy atom. The maximum atomic E-state index is 14.4. The van der Waals surface area contributed by atoms with Crippen LogP contribution < -0.4 is 9.64 Å². The summed E-state index contributed by atoms with van der Waals surface area (Å²) in [6.45, 7) is 6.87. The van der Waals surface area contributed by atoms with E-state index in [0.717, 1.165) is 72.7 Å². The number of halogens is 1. The Labute approximate surface area is 269 Å². The smallest absolute Gasteiger partial charge is 0.270 e. The predicted octanol–water partition coefficient (Wildman–Crippen LogP) is 7.03. The number of fused-ring (bicyclic) bond motifs is 2. The molecule has 7 nitrogen and oxygen atoms in total. The molecule has 1 atom stereocenters. The topological polar surface area (TPSA) is 58.0 Å². The third kappa shape index (κ3) is 5.53. The summed E-state index contributed by atoms with van der Waals surface area (Å²) in [7, 11) is 1.58. The molecule has 1 aromatic heterocycles. The summed E-state index contributed by atoms with van der Waals surface area (Å²) in [6.07, 6.45) is 4.58. The number of ether oxygens (including phenoxy) is 1. The van der Waals surface area contributed by atoms with Crippen LogP contribution in [0.3, 0.4) is 0 Å². The van der Waals surface area contributed by atoms with Crippen molar-refractivity contribution in [1.29, 1.82) is 0 Å². The van der Waals surface area contributed by atoms with Gasteiger partial charge in [0.15, 0.2) is 0 Å². The second-order valence-electron chi connectivity index (χ2n) is 12.5. The van der Waals surface area contributed by atoms with Gasteiger partial charge in [0, 0.05) is 41.1 Å². The number of aryl methyl sites for hydroxylation is 1. The van der Waals surface area contributed by atoms with Crippen LogP contribution in [0.25, 0.3) is 11.1 Å². The lowest BCUT2D eigenvalue weighted by Crippen LogP contribution is -2.43. The quantitative estimate of drug-likeness (QED) is 0.232. The molecule has 3 aromatic carbocycles. The fourth-order valence-corrected chi connectivity index (χ4v) is 7.61. The zero-order valence-corrected chi connectivity index (χ0v) is 26.7. The number of methoxy groups -OCH3 is 1. The molecule has 45 heavy (non-hydrogen) atoms. The van der Waals surface area contributed by atoms with Gasteiger partial charge in [0.25, 0.3) is 11.8 Å². The van der Waals surface area contributed by atoms with E-state index in [1.165, 1.54) is 12.8 Å². The van der Waals surface area contributed by atoms with E-state index < -0.39 is 0 Å². The summed E-state index contributed by atoms with van der Waals surface area (Å²) >= 11 is 6.85. The molecule has 2 saturated heterocycles. The van der Waals surface area contributed by atoms with Gasteiger partial charge in [-0.15, -0.1) is 0 Å². The highest BCUT2D eigenvalue weighted by Crippen LogP contribution is 2.38. The molecule has 0 saturated carbocycles. The number of carbonyl (C=O) groups excluding carboxylic acids is 2. The van der Waals surface area contributed by atoms with Crippen LogP contribution in [0.4, 0.5) is 5.69 Å². The average molecular weight is 623 g/mol. The number of carbonyl (C=O) groups is 2. The van der Waals surface area contributed by atoms with Gasteiger partial charge in [-0.3, -0.25) is 9.59 Å². The predicted molar refractivity (Wildman–Crippen MR) is 178 cm³/mol. The van der Waals surface area contributed by atoms with Crippen molar-refractivity contribution in [3.05, 3.63) is 106 Å². The van der Waals surface area contributed by atoms with Crippen LogP contribution in [0.1, 0.15) is 63.4 Å². The summed E-state index contributed by atoms with van der Waals surface area (Å²) < 4.78 is 7.89. The van der Waals surface area contributed by atoms with Crippen molar-refractivity contribution >= 4 is 29.1 Å². The number of rotatable bonds is 6. The van der Waals surface area contributed by atoms with E-state index in [2.05, 4.69) is 14.4 Å². The summed E-state index contributed by atoms with van der Waals surface area (Å²) in [5.74, 6) is 0.347. The Kier molecular flexibility index (Phi) is 8.15. The first kappa shape index (κ1) is 29.6. The molecule has 0 N–H and O–H groups in total. The SMILES string of the molecule is COc1cc(-c2ccccc2C)c(Cl)cc1C(=O)N1Cc2ccc(C(=O)N3CCC[C@H]3CN3CCCC3)n2Cc2ccccc21. The van der Waals surface area contributed by atoms with E-state index in [1.54, 1.807) is 18.1 Å². The number of amides is 2. The monoisotopic (exact) mass is 622 g/mol. The van der Waals surface area contributed by atoms with Crippen molar-refractivity contribution in [3.63, 3.8) is 0 Å². The van der Waals surface area contributed by atoms with Crippen molar-refractivity contribution < 1.29 is 14.3 Å². The normalized spacial score (nSPS) is 18.1. The molecule has 4 aromatic rings. The fraction of sp³-hybridized carbons (Fsp3) is 0.351. The van der Waals surface area contributed by atoms with E-state index in [-0.39, 0.29) is 17.9 Å². The third-order valence-electron chi connectivity index (χ3n) is 9.73. The maximum Gasteiger partial charge on any atom is 0.270 e. The van der Waals surface area contributed by atoms with E-state index in [4.69, 9.17) is 16.3 Å². The average Bonchev–Trinajstić information content (AvgIpc) is 3.81. The number of anilines is 1. The Morgan fingerprint density at radius 1 is 0.867 bits per heavy atom. The first-order valence-corrected chi connectivity index (χ1v) is 16.4. The Bertz CT molecular complexity index is 1760. The molecular formula is C37H39ClN4O3. The molecule has 8 heteroatoms. The first-order chi connectivity index (χ1) is 21.9. The molecule has 0 spiro atoms. The fourth-order valence-electron chi connectivity index (χ4n) is 7.35. The van der Waals surface area contributed by atoms with Gasteiger partial charge in [0.2, 0.25) is 0 Å². The van der Waals surface area contributed by atoms with Crippen LogP contribution in [0, 0.1) is 6.92 Å². The number of benzene rings is 3. The zero-order valence-electron chi connectivity index (χ0n) is 26.0. The first-order valence-electron chi connectivity index (χ1n) is 16.0. The highest BCUT2D eigenvalue weighted by molar-refractivity contribution is 6.34. The van der Waals surface area contributed by atoms with E-state index in [9.17, 15) is 9.59 Å². The van der Waals surface area contributed by atoms with E-state index >= 15 is 0 Å². The lowest BCUT2D eigenvalue weighted by molar-refractivity contribution is 0.0698. The highest BCUT2D eigenvalue weighted by atomic mass is 35.5. The van der Waals surface area contributed by atoms with Crippen molar-refractivity contribution in [3.8, 4) is 16.9 Å². The van der Waals surface area contributed by atoms with Crippen LogP contribution in [-0.4, -0.2) is 65.5 Å². The number of nitrogens with zero attached hydrogens (tertiary/aromatic N) is 4. The second kappa shape index (κ2) is 12.4. The second-order valence-corrected chi connectivity index (χ2v) is 12.9. The van der Waals surface area contributed by atoms with Gasteiger partial charge in [0.1, 0.15) is 11.4 Å². The zero-order chi connectivity index (χ0) is 31.1. The minimum absolute atomic E-state index is 0.0837. The third-order valence-corrected chi connectivity index (χ3v) is 10.0. The molecule has 2 fully saturated rings. The Hall–Kier alpha value is -4.07. The van der Waals surface area contributed by atoms with Crippen LogP contribution in [0.5, 0.6) is 5.75 Å². The van der Waals surface area contributed by atoms with Gasteiger partial charge in [0.05, 0.1) is 25.8 Å². The van der Waals surface area contributed by atoms with Crippen LogP contribution >= 0.6 is 11.6 Å². The molecule has 0 unspecified atom stereocenters. The number of hydrogen-bond donors (Lipinski definition) is 0. The van der Waals surface area contributed by atoms with Gasteiger partial charge in [-0.25, -0.2) is 0 Å². The summed E-state index contributed by atoms with van der Waals surface area (Å²) in [5, 5.41) is 0.488. The van der Waals surface area contributed by atoms with Crippen molar-refractivity contribution in [1.82, 2.24) is 14.4 Å². The molecule has 0 aliphatic carbocycles. The molecule has 0 bridgehead atoms. The van der Waals surface area contributed by atoms with E-state index in [0.29, 0.717) is 35.1 Å². The summed E-state index contributed by atoms with van der Waals surface area (Å²) in [4.78, 5) is 34.9. The van der Waals surface area contributed by atoms with Gasteiger partial charge < -0.3 is 24.0 Å². The van der Waals surface area contributed by atoms with Crippen molar-refractivity contribution in [2.75, 3.05) is 38.2 Å². The minimum atomic E-state index is -0.203. The van der Waals surface area contributed by atoms with Crippen molar-refractivity contribution in [2.45, 2.75) is 51.7 Å². The van der Waals surface area contributed by atoms with Gasteiger partial charge >= 0.3 is 0 Å². The van der Waals surface area contributed by atoms with Crippen LogP contribution in [-0.2, 0) is 13.1 Å². The molecule has 2 amide bonds. The number of para-hydroxylation sites is 1. The number of aromatic nitrogens is 1. The minimum Gasteiger partial charge on any atom is -0.496 e. The molecule has 232 valence electrons. The highest BCUT2D eigenvalue weighted by Gasteiger charge is 2.35. The molecule has 3 aliphatic heterocycles. The number of likely N-dealkylation sites (tertiary alicyclic amines) is 2. The van der Waals surface area contributed by atoms with Crippen LogP contribution in [0.15, 0.2) is 72.8 Å². The Morgan fingerprint density at radius 3 is 2.44 bits per heavy atom. The lowest BCUT2D eigenvalue weighted by atomic mass is 9.98.